The second kappa shape index (κ2) is 14.3. The van der Waals surface area contributed by atoms with Gasteiger partial charge in [-0.25, -0.2) is 4.98 Å². The first kappa shape index (κ1) is 26.3. The van der Waals surface area contributed by atoms with E-state index in [2.05, 4.69) is 57.6 Å². The SMILES string of the molecule is CN=C(NCCCOC(C)c1ccccc1)NCc1ccnc(N2CCOC(C)C2)c1.I. The van der Waals surface area contributed by atoms with Gasteiger partial charge in [-0.3, -0.25) is 4.99 Å². The molecule has 0 radical (unpaired) electrons. The van der Waals surface area contributed by atoms with Crippen molar-refractivity contribution in [2.45, 2.75) is 39.0 Å². The van der Waals surface area contributed by atoms with Crippen LogP contribution in [0.5, 0.6) is 0 Å². The zero-order valence-corrected chi connectivity index (χ0v) is 21.6. The Labute approximate surface area is 209 Å². The molecule has 1 saturated heterocycles. The molecule has 1 aromatic heterocycles. The average Bonchev–Trinajstić information content (AvgIpc) is 2.81. The number of guanidine groups is 1. The minimum Gasteiger partial charge on any atom is -0.375 e. The predicted molar refractivity (Wildman–Crippen MR) is 141 cm³/mol. The van der Waals surface area contributed by atoms with Crippen LogP contribution in [0.15, 0.2) is 53.7 Å². The van der Waals surface area contributed by atoms with E-state index in [1.165, 1.54) is 11.1 Å². The number of rotatable bonds is 9. The molecule has 0 bridgehead atoms. The van der Waals surface area contributed by atoms with E-state index in [4.69, 9.17) is 9.47 Å². The first-order valence-electron chi connectivity index (χ1n) is 11.1. The molecule has 0 amide bonds. The summed E-state index contributed by atoms with van der Waals surface area (Å²) in [5.41, 5.74) is 2.38. The molecule has 0 spiro atoms. The van der Waals surface area contributed by atoms with Gasteiger partial charge in [0.15, 0.2) is 5.96 Å². The molecule has 32 heavy (non-hydrogen) atoms. The molecule has 3 rings (SSSR count). The van der Waals surface area contributed by atoms with Gasteiger partial charge < -0.3 is 25.0 Å². The fourth-order valence-electron chi connectivity index (χ4n) is 3.54. The molecular formula is C24H36IN5O2. The van der Waals surface area contributed by atoms with Crippen LogP contribution in [0, 0.1) is 0 Å². The highest BCUT2D eigenvalue weighted by Crippen LogP contribution is 2.17. The maximum Gasteiger partial charge on any atom is 0.191 e. The van der Waals surface area contributed by atoms with Crippen LogP contribution in [0.2, 0.25) is 0 Å². The number of ether oxygens (including phenoxy) is 2. The van der Waals surface area contributed by atoms with Gasteiger partial charge in [-0.15, -0.1) is 24.0 Å². The first-order chi connectivity index (χ1) is 15.2. The Kier molecular flexibility index (Phi) is 11.8. The van der Waals surface area contributed by atoms with Crippen LogP contribution in [0.25, 0.3) is 0 Å². The molecule has 2 heterocycles. The number of aliphatic imine (C=N–C) groups is 1. The third-order valence-corrected chi connectivity index (χ3v) is 5.31. The molecule has 0 saturated carbocycles. The fourth-order valence-corrected chi connectivity index (χ4v) is 3.54. The van der Waals surface area contributed by atoms with Crippen molar-refractivity contribution in [1.82, 2.24) is 15.6 Å². The Morgan fingerprint density at radius 3 is 2.84 bits per heavy atom. The summed E-state index contributed by atoms with van der Waals surface area (Å²) in [4.78, 5) is 11.1. The number of benzene rings is 1. The van der Waals surface area contributed by atoms with Crippen LogP contribution in [0.4, 0.5) is 5.82 Å². The third-order valence-electron chi connectivity index (χ3n) is 5.31. The topological polar surface area (TPSA) is 71.0 Å². The van der Waals surface area contributed by atoms with Crippen molar-refractivity contribution in [3.05, 3.63) is 59.8 Å². The van der Waals surface area contributed by atoms with Crippen molar-refractivity contribution in [2.75, 3.05) is 44.8 Å². The van der Waals surface area contributed by atoms with Crippen LogP contribution < -0.4 is 15.5 Å². The summed E-state index contributed by atoms with van der Waals surface area (Å²) in [6.07, 6.45) is 3.12. The lowest BCUT2D eigenvalue weighted by molar-refractivity contribution is 0.0529. The predicted octanol–water partition coefficient (Wildman–Crippen LogP) is 3.76. The molecule has 2 aromatic rings. The molecule has 7 nitrogen and oxygen atoms in total. The van der Waals surface area contributed by atoms with Gasteiger partial charge in [0.05, 0.1) is 18.8 Å². The van der Waals surface area contributed by atoms with Gasteiger partial charge in [0.1, 0.15) is 5.82 Å². The molecule has 176 valence electrons. The molecule has 1 aliphatic heterocycles. The largest absolute Gasteiger partial charge is 0.375 e. The van der Waals surface area contributed by atoms with Gasteiger partial charge in [-0.2, -0.15) is 0 Å². The summed E-state index contributed by atoms with van der Waals surface area (Å²) in [5, 5.41) is 6.73. The number of hydrogen-bond acceptors (Lipinski definition) is 5. The molecule has 1 aromatic carbocycles. The van der Waals surface area contributed by atoms with Gasteiger partial charge in [-0.05, 0) is 43.5 Å². The number of pyridine rings is 1. The number of halogens is 1. The summed E-state index contributed by atoms with van der Waals surface area (Å²) in [6, 6.07) is 14.5. The lowest BCUT2D eigenvalue weighted by Crippen LogP contribution is -2.41. The fraction of sp³-hybridized carbons (Fsp3) is 0.500. The van der Waals surface area contributed by atoms with Gasteiger partial charge >= 0.3 is 0 Å². The number of aromatic nitrogens is 1. The normalized spacial score (nSPS) is 17.4. The average molecular weight is 553 g/mol. The van der Waals surface area contributed by atoms with E-state index in [0.29, 0.717) is 13.2 Å². The van der Waals surface area contributed by atoms with E-state index in [0.717, 1.165) is 44.4 Å². The van der Waals surface area contributed by atoms with Crippen LogP contribution in [-0.4, -0.2) is 56.9 Å². The Morgan fingerprint density at radius 1 is 1.28 bits per heavy atom. The maximum atomic E-state index is 5.93. The smallest absolute Gasteiger partial charge is 0.191 e. The van der Waals surface area contributed by atoms with Crippen molar-refractivity contribution in [3.63, 3.8) is 0 Å². The molecule has 1 fully saturated rings. The highest BCUT2D eigenvalue weighted by molar-refractivity contribution is 14.0. The summed E-state index contributed by atoms with van der Waals surface area (Å²) in [7, 11) is 1.79. The number of nitrogens with zero attached hydrogens (tertiary/aromatic N) is 3. The molecule has 8 heteroatoms. The Hall–Kier alpha value is -1.91. The third kappa shape index (κ3) is 8.55. The molecule has 2 N–H and O–H groups in total. The minimum atomic E-state index is 0. The van der Waals surface area contributed by atoms with Crippen LogP contribution in [-0.2, 0) is 16.0 Å². The minimum absolute atomic E-state index is 0. The van der Waals surface area contributed by atoms with E-state index < -0.39 is 0 Å². The summed E-state index contributed by atoms with van der Waals surface area (Å²) in [6.45, 7) is 8.87. The van der Waals surface area contributed by atoms with Crippen molar-refractivity contribution in [2.24, 2.45) is 4.99 Å². The van der Waals surface area contributed by atoms with E-state index in [-0.39, 0.29) is 36.2 Å². The van der Waals surface area contributed by atoms with Crippen molar-refractivity contribution < 1.29 is 9.47 Å². The summed E-state index contributed by atoms with van der Waals surface area (Å²) < 4.78 is 11.6. The Balaban J connectivity index is 0.00000363. The van der Waals surface area contributed by atoms with Crippen molar-refractivity contribution in [1.29, 1.82) is 0 Å². The van der Waals surface area contributed by atoms with Crippen LogP contribution >= 0.6 is 24.0 Å². The van der Waals surface area contributed by atoms with Gasteiger partial charge in [-0.1, -0.05) is 30.3 Å². The van der Waals surface area contributed by atoms with Crippen molar-refractivity contribution >= 4 is 35.8 Å². The van der Waals surface area contributed by atoms with E-state index >= 15 is 0 Å². The second-order valence-corrected chi connectivity index (χ2v) is 7.78. The number of anilines is 1. The molecule has 0 aliphatic carbocycles. The monoisotopic (exact) mass is 553 g/mol. The van der Waals surface area contributed by atoms with Crippen molar-refractivity contribution in [3.8, 4) is 0 Å². The molecule has 2 unspecified atom stereocenters. The lowest BCUT2D eigenvalue weighted by atomic mass is 10.1. The maximum absolute atomic E-state index is 5.93. The lowest BCUT2D eigenvalue weighted by Gasteiger charge is -2.32. The second-order valence-electron chi connectivity index (χ2n) is 7.78. The number of nitrogens with one attached hydrogen (secondary N) is 2. The van der Waals surface area contributed by atoms with Gasteiger partial charge in [0.2, 0.25) is 0 Å². The van der Waals surface area contributed by atoms with Gasteiger partial charge in [0.25, 0.3) is 0 Å². The highest BCUT2D eigenvalue weighted by Gasteiger charge is 2.18. The summed E-state index contributed by atoms with van der Waals surface area (Å²) in [5.74, 6) is 1.79. The molecule has 2 atom stereocenters. The van der Waals surface area contributed by atoms with Crippen LogP contribution in [0.1, 0.15) is 37.5 Å². The van der Waals surface area contributed by atoms with Crippen LogP contribution in [0.3, 0.4) is 0 Å². The standard InChI is InChI=1S/C24H35N5O2.HI/c1-19-18-29(13-15-30-19)23-16-21(10-12-26-23)17-28-24(25-3)27-11-7-14-31-20(2)22-8-5-4-6-9-22;/h4-6,8-10,12,16,19-20H,7,11,13-15,17-18H2,1-3H3,(H2,25,27,28);1H. The quantitative estimate of drug-likeness (QED) is 0.213. The zero-order valence-electron chi connectivity index (χ0n) is 19.3. The molecule has 1 aliphatic rings. The van der Waals surface area contributed by atoms with E-state index in [1.54, 1.807) is 7.05 Å². The highest BCUT2D eigenvalue weighted by atomic mass is 127. The van der Waals surface area contributed by atoms with Gasteiger partial charge in [0, 0.05) is 46.0 Å². The first-order valence-corrected chi connectivity index (χ1v) is 11.1. The summed E-state index contributed by atoms with van der Waals surface area (Å²) >= 11 is 0. The Morgan fingerprint density at radius 2 is 2.09 bits per heavy atom. The Bertz CT molecular complexity index is 821. The molecular weight excluding hydrogens is 517 g/mol. The van der Waals surface area contributed by atoms with E-state index in [9.17, 15) is 0 Å². The number of hydrogen-bond donors (Lipinski definition) is 2. The zero-order chi connectivity index (χ0) is 21.9. The number of morpholine rings is 1. The van der Waals surface area contributed by atoms with E-state index in [1.807, 2.05) is 30.5 Å².